The molecule has 16 nitrogen and oxygen atoms in total. The van der Waals surface area contributed by atoms with E-state index in [0.29, 0.717) is 103 Å². The third-order valence-electron chi connectivity index (χ3n) is 17.6. The van der Waals surface area contributed by atoms with E-state index < -0.39 is 35.8 Å². The summed E-state index contributed by atoms with van der Waals surface area (Å²) in [6, 6.07) is 18.0. The van der Waals surface area contributed by atoms with Gasteiger partial charge in [0.2, 0.25) is 0 Å². The first-order valence-corrected chi connectivity index (χ1v) is 37.3. The van der Waals surface area contributed by atoms with Crippen LogP contribution in [0.1, 0.15) is 249 Å². The van der Waals surface area contributed by atoms with Gasteiger partial charge in [-0.15, -0.1) is 0 Å². The summed E-state index contributed by atoms with van der Waals surface area (Å²) in [4.78, 5) is 74.3. The van der Waals surface area contributed by atoms with Crippen molar-refractivity contribution >= 4 is 35.8 Å². The normalized spacial score (nSPS) is 11.8. The Kier molecular flexibility index (Phi) is 40.8. The predicted octanol–water partition coefficient (Wildman–Crippen LogP) is 17.5. The van der Waals surface area contributed by atoms with Gasteiger partial charge in [-0.1, -0.05) is 192 Å². The molecule has 0 saturated carbocycles. The second-order valence-electron chi connectivity index (χ2n) is 25.9. The summed E-state index contributed by atoms with van der Waals surface area (Å²) in [5, 5.41) is 0. The maximum Gasteiger partial charge on any atom is 0.331 e. The number of unbranched alkanes of at least 4 members (excludes halogenated alkanes) is 16. The number of carbonyl (C=O) groups excluding carboxylic acids is 6. The zero-order chi connectivity index (χ0) is 72.0. The molecular formula is C84H116O16. The lowest BCUT2D eigenvalue weighted by molar-refractivity contribution is -0.139. The second kappa shape index (κ2) is 49.4. The molecule has 0 aromatic heterocycles. The zero-order valence-corrected chi connectivity index (χ0v) is 61.3. The number of rotatable bonds is 50. The largest absolute Gasteiger partial charge is 0.493 e. The molecule has 16 heteroatoms. The van der Waals surface area contributed by atoms with Crippen LogP contribution >= 0.6 is 0 Å². The first-order chi connectivity index (χ1) is 48.8. The third kappa shape index (κ3) is 31.6. The number of fused-ring (bicyclic) bond motifs is 8. The van der Waals surface area contributed by atoms with Crippen LogP contribution < -0.4 is 18.9 Å². The maximum absolute atomic E-state index is 12.9. The molecule has 4 aromatic rings. The molecule has 4 aromatic carbocycles. The summed E-state index contributed by atoms with van der Waals surface area (Å²) in [6.45, 7) is 18.7. The van der Waals surface area contributed by atoms with Crippen molar-refractivity contribution in [3.05, 3.63) is 165 Å². The van der Waals surface area contributed by atoms with Crippen LogP contribution in [0.2, 0.25) is 0 Å². The van der Waals surface area contributed by atoms with Gasteiger partial charge >= 0.3 is 35.8 Å². The molecule has 0 N–H and O–H groups in total. The Bertz CT molecular complexity index is 3030. The van der Waals surface area contributed by atoms with Gasteiger partial charge in [-0.25, -0.2) is 28.8 Å². The number of esters is 6. The smallest absolute Gasteiger partial charge is 0.331 e. The zero-order valence-electron chi connectivity index (χ0n) is 61.3. The fourth-order valence-electron chi connectivity index (χ4n) is 12.4. The van der Waals surface area contributed by atoms with Gasteiger partial charge in [0.1, 0.15) is 23.0 Å². The van der Waals surface area contributed by atoms with Crippen LogP contribution in [-0.2, 0) is 109 Å². The van der Waals surface area contributed by atoms with Crippen molar-refractivity contribution < 1.29 is 76.1 Å². The van der Waals surface area contributed by atoms with Gasteiger partial charge in [0.05, 0.1) is 67.1 Å². The van der Waals surface area contributed by atoms with Crippen molar-refractivity contribution in [2.45, 2.75) is 233 Å². The standard InChI is InChI=1S/C84H116O16/c1-9-15-19-23-27-43-97-81-67-51-63(35-31-47-93-75(85)13-5)53-69(81)60-71-55-65(37-33-49-95-79(89)41-39-77(87)91-7)57-73(83(71)99-45-29-25-21-17-11-3)62-74-58-66(38-34-50-96-80(90)42-40-78(88)92-8)56-72(84(74)100-46-30-26-22-18-12-4)61-70-54-64(36-32-48-94-76(86)14-6)52-68(59-67)82(70)98-44-28-24-20-16-10-2/h13-14,39-42,51-58H,5-6,9-12,15-38,43-50,59-62H2,1-4,7-8H3/b41-39-,42-40-. The molecule has 8 bridgehead atoms. The Balaban J connectivity index is 1.92. The van der Waals surface area contributed by atoms with Crippen LogP contribution in [0.4, 0.5) is 0 Å². The molecular weight excluding hydrogens is 1260 g/mol. The van der Waals surface area contributed by atoms with E-state index in [9.17, 15) is 28.8 Å². The summed E-state index contributed by atoms with van der Waals surface area (Å²) in [5.74, 6) is -0.370. The Labute approximate surface area is 597 Å². The van der Waals surface area contributed by atoms with Crippen molar-refractivity contribution in [1.82, 2.24) is 0 Å². The van der Waals surface area contributed by atoms with Crippen molar-refractivity contribution in [3.8, 4) is 23.0 Å². The predicted molar refractivity (Wildman–Crippen MR) is 394 cm³/mol. The van der Waals surface area contributed by atoms with Crippen LogP contribution in [0.5, 0.6) is 23.0 Å². The molecule has 548 valence electrons. The van der Waals surface area contributed by atoms with E-state index in [0.717, 1.165) is 242 Å². The van der Waals surface area contributed by atoms with E-state index in [1.807, 2.05) is 0 Å². The highest BCUT2D eigenvalue weighted by molar-refractivity contribution is 5.92. The number of carbonyl (C=O) groups is 6. The van der Waals surface area contributed by atoms with Crippen LogP contribution in [0.3, 0.4) is 0 Å². The lowest BCUT2D eigenvalue weighted by Crippen LogP contribution is -2.13. The van der Waals surface area contributed by atoms with Gasteiger partial charge in [-0.05, 0) is 144 Å². The van der Waals surface area contributed by atoms with E-state index in [-0.39, 0.29) is 26.4 Å². The van der Waals surface area contributed by atoms with Gasteiger partial charge in [0.15, 0.2) is 0 Å². The number of methoxy groups -OCH3 is 2. The lowest BCUT2D eigenvalue weighted by Gasteiger charge is -2.25. The van der Waals surface area contributed by atoms with Gasteiger partial charge in [-0.2, -0.15) is 0 Å². The minimum atomic E-state index is -0.655. The Morgan fingerprint density at radius 3 is 0.710 bits per heavy atom. The van der Waals surface area contributed by atoms with Crippen LogP contribution in [0.15, 0.2) is 98.1 Å². The van der Waals surface area contributed by atoms with Crippen molar-refractivity contribution in [3.63, 3.8) is 0 Å². The van der Waals surface area contributed by atoms with Crippen molar-refractivity contribution in [2.75, 3.05) is 67.1 Å². The SMILES string of the molecule is C=CC(=O)OCCCc1cc2c(OCCCCCCC)c(c1)Cc1cc(CCCOC(=O)/C=C\C(=O)OC)cc(c1OCCCCCCC)Cc1cc(CCCOC(=O)/C=C\C(=O)OC)cc(c1OCCCCCCC)Cc1cc(CCCOC(=O)C=C)cc(c1OCCCCCCC)C2. The maximum atomic E-state index is 12.9. The van der Waals surface area contributed by atoms with E-state index in [2.05, 4.69) is 89.4 Å². The van der Waals surface area contributed by atoms with Crippen LogP contribution in [0, 0.1) is 0 Å². The van der Waals surface area contributed by atoms with Gasteiger partial charge < -0.3 is 47.4 Å². The summed E-state index contributed by atoms with van der Waals surface area (Å²) in [6.07, 6.45) is 33.7. The second-order valence-corrected chi connectivity index (χ2v) is 25.9. The van der Waals surface area contributed by atoms with Gasteiger partial charge in [-0.3, -0.25) is 0 Å². The van der Waals surface area contributed by atoms with Crippen molar-refractivity contribution in [1.29, 1.82) is 0 Å². The van der Waals surface area contributed by atoms with Crippen LogP contribution in [0.25, 0.3) is 0 Å². The molecule has 0 spiro atoms. The number of ether oxygens (including phenoxy) is 10. The summed E-state index contributed by atoms with van der Waals surface area (Å²) >= 11 is 0. The summed E-state index contributed by atoms with van der Waals surface area (Å²) < 4.78 is 60.9. The Morgan fingerprint density at radius 1 is 0.290 bits per heavy atom. The topological polar surface area (TPSA) is 195 Å². The number of benzene rings is 4. The molecule has 0 amide bonds. The molecule has 0 atom stereocenters. The molecule has 5 rings (SSSR count). The third-order valence-corrected chi connectivity index (χ3v) is 17.6. The Morgan fingerprint density at radius 2 is 0.500 bits per heavy atom. The molecule has 0 saturated heterocycles. The Hall–Kier alpha value is -8.14. The average Bonchev–Trinajstić information content (AvgIpc) is 0.777. The van der Waals surface area contributed by atoms with Crippen LogP contribution in [-0.4, -0.2) is 103 Å². The lowest BCUT2D eigenvalue weighted by atomic mass is 9.87. The minimum Gasteiger partial charge on any atom is -0.493 e. The van der Waals surface area contributed by atoms with E-state index >= 15 is 0 Å². The molecule has 0 unspecified atom stereocenters. The van der Waals surface area contributed by atoms with E-state index in [1.165, 1.54) is 26.4 Å². The first kappa shape index (κ1) is 82.5. The summed E-state index contributed by atoms with van der Waals surface area (Å²) in [5.41, 5.74) is 11.9. The highest BCUT2D eigenvalue weighted by Gasteiger charge is 2.26. The molecule has 0 fully saturated rings. The molecule has 1 aliphatic rings. The molecule has 0 radical (unpaired) electrons. The fourth-order valence-corrected chi connectivity index (χ4v) is 12.4. The monoisotopic (exact) mass is 1380 g/mol. The van der Waals surface area contributed by atoms with Crippen molar-refractivity contribution in [2.24, 2.45) is 0 Å². The van der Waals surface area contributed by atoms with E-state index in [4.69, 9.17) is 47.4 Å². The molecule has 100 heavy (non-hydrogen) atoms. The van der Waals surface area contributed by atoms with Gasteiger partial charge in [0.25, 0.3) is 0 Å². The van der Waals surface area contributed by atoms with E-state index in [1.54, 1.807) is 0 Å². The number of hydrogen-bond acceptors (Lipinski definition) is 16. The summed E-state index contributed by atoms with van der Waals surface area (Å²) in [7, 11) is 2.50. The van der Waals surface area contributed by atoms with Gasteiger partial charge in [0, 0.05) is 62.1 Å². The minimum absolute atomic E-state index is 0.0997. The number of aryl methyl sites for hydroxylation is 4. The average molecular weight is 1380 g/mol. The highest BCUT2D eigenvalue weighted by atomic mass is 16.6. The molecule has 0 aliphatic heterocycles. The molecule has 0 heterocycles. The highest BCUT2D eigenvalue weighted by Crippen LogP contribution is 2.42. The first-order valence-electron chi connectivity index (χ1n) is 37.3. The molecule has 1 aliphatic carbocycles. The number of hydrogen-bond donors (Lipinski definition) is 0. The quantitative estimate of drug-likeness (QED) is 0.0154. The fraction of sp³-hybridized carbons (Fsp3) is 0.548.